The lowest BCUT2D eigenvalue weighted by molar-refractivity contribution is -0.145. The summed E-state index contributed by atoms with van der Waals surface area (Å²) in [6.45, 7) is 3.32. The number of rotatable bonds is 2. The number of nitrogens with one attached hydrogen (secondary N) is 1. The quantitative estimate of drug-likeness (QED) is 0.729. The van der Waals surface area contributed by atoms with Gasteiger partial charge in [-0.1, -0.05) is 0 Å². The first-order valence-electron chi connectivity index (χ1n) is 6.41. The van der Waals surface area contributed by atoms with Crippen molar-refractivity contribution in [3.63, 3.8) is 0 Å². The molecule has 1 aliphatic heterocycles. The van der Waals surface area contributed by atoms with Crippen LogP contribution in [-0.4, -0.2) is 48.1 Å². The van der Waals surface area contributed by atoms with E-state index in [9.17, 15) is 9.59 Å². The van der Waals surface area contributed by atoms with Gasteiger partial charge in [0.15, 0.2) is 0 Å². The lowest BCUT2D eigenvalue weighted by Crippen LogP contribution is -2.49. The van der Waals surface area contributed by atoms with Crippen molar-refractivity contribution in [1.82, 2.24) is 10.2 Å². The van der Waals surface area contributed by atoms with Gasteiger partial charge in [-0.25, -0.2) is 0 Å². The first-order valence-corrected chi connectivity index (χ1v) is 6.41. The summed E-state index contributed by atoms with van der Waals surface area (Å²) in [5, 5.41) is 12.1. The Morgan fingerprint density at radius 2 is 1.53 bits per heavy atom. The Labute approximate surface area is 101 Å². The number of carbonyl (C=O) groups excluding carboxylic acids is 1. The highest BCUT2D eigenvalue weighted by molar-refractivity contribution is 5.79. The molecule has 1 amide bonds. The van der Waals surface area contributed by atoms with Crippen molar-refractivity contribution in [2.24, 2.45) is 11.8 Å². The lowest BCUT2D eigenvalue weighted by Gasteiger charge is -2.33. The zero-order valence-electron chi connectivity index (χ0n) is 10.0. The van der Waals surface area contributed by atoms with Crippen LogP contribution in [0, 0.1) is 11.8 Å². The number of piperazine rings is 1. The smallest absolute Gasteiger partial charge is 0.306 e. The molecule has 2 rings (SSSR count). The van der Waals surface area contributed by atoms with Gasteiger partial charge >= 0.3 is 5.97 Å². The van der Waals surface area contributed by atoms with Crippen molar-refractivity contribution in [2.75, 3.05) is 26.2 Å². The molecule has 0 atom stereocenters. The summed E-state index contributed by atoms with van der Waals surface area (Å²) in [6.07, 6.45) is 2.77. The molecule has 0 aromatic carbocycles. The standard InChI is InChI=1S/C12H20N2O3/c15-11(14-7-5-13-6-8-14)9-1-3-10(4-2-9)12(16)17/h9-10,13H,1-8H2,(H,16,17). The number of carboxylic acids is 1. The zero-order chi connectivity index (χ0) is 12.3. The Kier molecular flexibility index (Phi) is 3.99. The molecular weight excluding hydrogens is 220 g/mol. The van der Waals surface area contributed by atoms with E-state index in [0.29, 0.717) is 12.8 Å². The van der Waals surface area contributed by atoms with Crippen LogP contribution in [0.15, 0.2) is 0 Å². The molecule has 0 bridgehead atoms. The van der Waals surface area contributed by atoms with Crippen molar-refractivity contribution in [3.8, 4) is 0 Å². The Hall–Kier alpha value is -1.10. The Morgan fingerprint density at radius 1 is 1.00 bits per heavy atom. The number of aliphatic carboxylic acids is 1. The Bertz CT molecular complexity index is 292. The molecule has 0 spiro atoms. The number of hydrogen-bond donors (Lipinski definition) is 2. The highest BCUT2D eigenvalue weighted by Gasteiger charge is 2.32. The molecular formula is C12H20N2O3. The van der Waals surface area contributed by atoms with Crippen molar-refractivity contribution in [2.45, 2.75) is 25.7 Å². The first kappa shape index (κ1) is 12.4. The van der Waals surface area contributed by atoms with E-state index in [1.807, 2.05) is 4.90 Å². The van der Waals surface area contributed by atoms with E-state index in [0.717, 1.165) is 39.0 Å². The van der Waals surface area contributed by atoms with Gasteiger partial charge in [0.1, 0.15) is 0 Å². The minimum absolute atomic E-state index is 0.0590. The molecule has 96 valence electrons. The largest absolute Gasteiger partial charge is 0.481 e. The average Bonchev–Trinajstić information content (AvgIpc) is 2.39. The van der Waals surface area contributed by atoms with Gasteiger partial charge in [0, 0.05) is 32.1 Å². The molecule has 0 radical (unpaired) electrons. The van der Waals surface area contributed by atoms with Gasteiger partial charge in [0.2, 0.25) is 5.91 Å². The van der Waals surface area contributed by atoms with Gasteiger partial charge in [0.05, 0.1) is 5.92 Å². The minimum Gasteiger partial charge on any atom is -0.481 e. The fraction of sp³-hybridized carbons (Fsp3) is 0.833. The van der Waals surface area contributed by atoms with E-state index in [1.54, 1.807) is 0 Å². The average molecular weight is 240 g/mol. The fourth-order valence-electron chi connectivity index (χ4n) is 2.73. The molecule has 2 aliphatic rings. The van der Waals surface area contributed by atoms with Gasteiger partial charge < -0.3 is 15.3 Å². The van der Waals surface area contributed by atoms with Crippen LogP contribution in [-0.2, 0) is 9.59 Å². The van der Waals surface area contributed by atoms with E-state index < -0.39 is 5.97 Å². The number of carbonyl (C=O) groups is 2. The molecule has 0 aromatic heterocycles. The number of nitrogens with zero attached hydrogens (tertiary/aromatic N) is 1. The summed E-state index contributed by atoms with van der Waals surface area (Å²) in [5.41, 5.74) is 0. The van der Waals surface area contributed by atoms with Crippen molar-refractivity contribution < 1.29 is 14.7 Å². The third-order valence-electron chi connectivity index (χ3n) is 3.85. The molecule has 2 fully saturated rings. The maximum absolute atomic E-state index is 12.2. The summed E-state index contributed by atoms with van der Waals surface area (Å²) in [4.78, 5) is 24.9. The minimum atomic E-state index is -0.710. The van der Waals surface area contributed by atoms with Crippen LogP contribution in [0.25, 0.3) is 0 Å². The topological polar surface area (TPSA) is 69.6 Å². The molecule has 1 aliphatic carbocycles. The number of hydrogen-bond acceptors (Lipinski definition) is 3. The summed E-state index contributed by atoms with van der Waals surface area (Å²) in [6, 6.07) is 0. The third-order valence-corrected chi connectivity index (χ3v) is 3.85. The Morgan fingerprint density at radius 3 is 2.06 bits per heavy atom. The summed E-state index contributed by atoms with van der Waals surface area (Å²) < 4.78 is 0. The third kappa shape index (κ3) is 2.97. The summed E-state index contributed by atoms with van der Waals surface area (Å²) in [5.74, 6) is -0.654. The van der Waals surface area contributed by atoms with Crippen LogP contribution < -0.4 is 5.32 Å². The summed E-state index contributed by atoms with van der Waals surface area (Å²) in [7, 11) is 0. The van der Waals surface area contributed by atoms with E-state index in [-0.39, 0.29) is 17.7 Å². The van der Waals surface area contributed by atoms with Crippen LogP contribution in [0.4, 0.5) is 0 Å². The predicted molar refractivity (Wildman–Crippen MR) is 62.5 cm³/mol. The van der Waals surface area contributed by atoms with Crippen LogP contribution >= 0.6 is 0 Å². The molecule has 1 saturated carbocycles. The van der Waals surface area contributed by atoms with Crippen LogP contribution in [0.1, 0.15) is 25.7 Å². The first-order chi connectivity index (χ1) is 8.18. The normalized spacial score (nSPS) is 30.0. The summed E-state index contributed by atoms with van der Waals surface area (Å²) >= 11 is 0. The molecule has 1 heterocycles. The van der Waals surface area contributed by atoms with Gasteiger partial charge in [-0.3, -0.25) is 9.59 Å². The highest BCUT2D eigenvalue weighted by atomic mass is 16.4. The SMILES string of the molecule is O=C(O)C1CCC(C(=O)N2CCNCC2)CC1. The fourth-order valence-corrected chi connectivity index (χ4v) is 2.73. The molecule has 2 N–H and O–H groups in total. The second kappa shape index (κ2) is 5.49. The second-order valence-corrected chi connectivity index (χ2v) is 4.96. The monoisotopic (exact) mass is 240 g/mol. The molecule has 1 saturated heterocycles. The Balaban J connectivity index is 1.83. The van der Waals surface area contributed by atoms with Crippen LogP contribution in [0.5, 0.6) is 0 Å². The number of carboxylic acid groups (broad SMARTS) is 1. The van der Waals surface area contributed by atoms with Gasteiger partial charge in [-0.05, 0) is 25.7 Å². The van der Waals surface area contributed by atoms with E-state index in [4.69, 9.17) is 5.11 Å². The maximum Gasteiger partial charge on any atom is 0.306 e. The molecule has 0 unspecified atom stereocenters. The molecule has 17 heavy (non-hydrogen) atoms. The lowest BCUT2D eigenvalue weighted by atomic mass is 9.81. The van der Waals surface area contributed by atoms with E-state index in [1.165, 1.54) is 0 Å². The second-order valence-electron chi connectivity index (χ2n) is 4.96. The van der Waals surface area contributed by atoms with Crippen LogP contribution in [0.3, 0.4) is 0 Å². The maximum atomic E-state index is 12.2. The van der Waals surface area contributed by atoms with E-state index in [2.05, 4.69) is 5.32 Å². The molecule has 0 aromatic rings. The van der Waals surface area contributed by atoms with Crippen LogP contribution in [0.2, 0.25) is 0 Å². The van der Waals surface area contributed by atoms with Gasteiger partial charge in [0.25, 0.3) is 0 Å². The van der Waals surface area contributed by atoms with Gasteiger partial charge in [-0.2, -0.15) is 0 Å². The van der Waals surface area contributed by atoms with Crippen molar-refractivity contribution >= 4 is 11.9 Å². The van der Waals surface area contributed by atoms with Crippen molar-refractivity contribution in [1.29, 1.82) is 0 Å². The number of amides is 1. The predicted octanol–water partition coefficient (Wildman–Crippen LogP) is 0.309. The zero-order valence-corrected chi connectivity index (χ0v) is 10.0. The van der Waals surface area contributed by atoms with Gasteiger partial charge in [-0.15, -0.1) is 0 Å². The molecule has 5 heteroatoms. The van der Waals surface area contributed by atoms with E-state index >= 15 is 0 Å². The highest BCUT2D eigenvalue weighted by Crippen LogP contribution is 2.30. The van der Waals surface area contributed by atoms with Crippen molar-refractivity contribution in [3.05, 3.63) is 0 Å². The molecule has 5 nitrogen and oxygen atoms in total.